The number of phenolic OH excluding ortho intramolecular Hbond substituents is 1. The van der Waals surface area contributed by atoms with Crippen molar-refractivity contribution in [2.45, 2.75) is 38.8 Å². The molecule has 1 fully saturated rings. The molecule has 1 aliphatic heterocycles. The number of aromatic nitrogens is 2. The zero-order valence-corrected chi connectivity index (χ0v) is 14.0. The molecule has 6 heteroatoms. The molecule has 126 valence electrons. The number of amides is 1. The third-order valence-corrected chi connectivity index (χ3v) is 3.81. The van der Waals surface area contributed by atoms with Crippen molar-refractivity contribution < 1.29 is 14.6 Å². The number of hydrogen-bond donors (Lipinski definition) is 1. The van der Waals surface area contributed by atoms with Gasteiger partial charge in [-0.15, -0.1) is 0 Å². The maximum Gasteiger partial charge on any atom is 0.221 e. The molecule has 0 aliphatic carbocycles. The Balaban J connectivity index is 0.000000236. The van der Waals surface area contributed by atoms with Crippen molar-refractivity contribution in [1.82, 2.24) is 14.7 Å². The van der Waals surface area contributed by atoms with E-state index in [0.29, 0.717) is 6.42 Å². The average Bonchev–Trinajstić information content (AvgIpc) is 2.98. The van der Waals surface area contributed by atoms with Gasteiger partial charge in [0.05, 0.1) is 11.7 Å². The molecule has 23 heavy (non-hydrogen) atoms. The van der Waals surface area contributed by atoms with Crippen LogP contribution in [0.15, 0.2) is 24.4 Å². The Kier molecular flexibility index (Phi) is 5.98. The number of aromatic hydroxyl groups is 1. The minimum atomic E-state index is 0.0213. The van der Waals surface area contributed by atoms with E-state index in [9.17, 15) is 9.90 Å². The van der Waals surface area contributed by atoms with Gasteiger partial charge in [-0.25, -0.2) is 4.68 Å². The van der Waals surface area contributed by atoms with Crippen LogP contribution >= 0.6 is 0 Å². The number of fused-ring (bicyclic) bond motifs is 1. The Morgan fingerprint density at radius 2 is 2.22 bits per heavy atom. The van der Waals surface area contributed by atoms with Gasteiger partial charge in [-0.2, -0.15) is 5.10 Å². The van der Waals surface area contributed by atoms with E-state index in [1.165, 1.54) is 6.42 Å². The molecule has 0 spiro atoms. The predicted octanol–water partition coefficient (Wildman–Crippen LogP) is 2.93. The molecule has 1 atom stereocenters. The lowest BCUT2D eigenvalue weighted by Gasteiger charge is -2.23. The molecule has 1 aromatic heterocycles. The van der Waals surface area contributed by atoms with Crippen molar-refractivity contribution >= 4 is 16.8 Å². The Hall–Kier alpha value is -2.08. The van der Waals surface area contributed by atoms with Crippen LogP contribution in [-0.2, 0) is 9.53 Å². The van der Waals surface area contributed by atoms with Crippen LogP contribution in [0.4, 0.5) is 0 Å². The Bertz CT molecular complexity index is 646. The summed E-state index contributed by atoms with van der Waals surface area (Å²) >= 11 is 0. The van der Waals surface area contributed by atoms with Crippen LogP contribution in [0.3, 0.4) is 0 Å². The van der Waals surface area contributed by atoms with Gasteiger partial charge in [0.1, 0.15) is 5.75 Å². The quantitative estimate of drug-likeness (QED) is 0.924. The molecule has 1 unspecified atom stereocenters. The van der Waals surface area contributed by atoms with Crippen molar-refractivity contribution in [3.63, 3.8) is 0 Å². The lowest BCUT2D eigenvalue weighted by Crippen LogP contribution is -2.19. The summed E-state index contributed by atoms with van der Waals surface area (Å²) in [5, 5.41) is 14.9. The first kappa shape index (κ1) is 17.3. The van der Waals surface area contributed by atoms with Crippen molar-refractivity contribution in [2.24, 2.45) is 0 Å². The number of ether oxygens (including phenoxy) is 1. The number of carbonyl (C=O) groups excluding carboxylic acids is 1. The molecule has 3 rings (SSSR count). The highest BCUT2D eigenvalue weighted by atomic mass is 16.5. The highest BCUT2D eigenvalue weighted by Crippen LogP contribution is 2.27. The smallest absolute Gasteiger partial charge is 0.221 e. The Labute approximate surface area is 136 Å². The van der Waals surface area contributed by atoms with E-state index in [-0.39, 0.29) is 17.9 Å². The molecule has 0 radical (unpaired) electrons. The SMILES string of the molecule is CCC(=O)N(C)C.Oc1ccc2cnn(C3CCCCO3)c2c1. The van der Waals surface area contributed by atoms with E-state index in [1.54, 1.807) is 31.1 Å². The van der Waals surface area contributed by atoms with Gasteiger partial charge in [0.15, 0.2) is 6.23 Å². The Morgan fingerprint density at radius 3 is 2.78 bits per heavy atom. The second-order valence-electron chi connectivity index (χ2n) is 5.80. The zero-order valence-electron chi connectivity index (χ0n) is 14.0. The van der Waals surface area contributed by atoms with Crippen molar-refractivity contribution in [2.75, 3.05) is 20.7 Å². The summed E-state index contributed by atoms with van der Waals surface area (Å²) in [6.07, 6.45) is 5.73. The molecular formula is C17H25N3O3. The van der Waals surface area contributed by atoms with Crippen LogP contribution in [0.2, 0.25) is 0 Å². The van der Waals surface area contributed by atoms with Crippen LogP contribution in [0.5, 0.6) is 5.75 Å². The molecule has 1 amide bonds. The first-order chi connectivity index (χ1) is 11.0. The predicted molar refractivity (Wildman–Crippen MR) is 89.2 cm³/mol. The van der Waals surface area contributed by atoms with E-state index in [4.69, 9.17) is 4.74 Å². The second kappa shape index (κ2) is 7.97. The number of nitrogens with zero attached hydrogens (tertiary/aromatic N) is 3. The fourth-order valence-electron chi connectivity index (χ4n) is 2.49. The Morgan fingerprint density at radius 1 is 1.43 bits per heavy atom. The van der Waals surface area contributed by atoms with Crippen LogP contribution < -0.4 is 0 Å². The van der Waals surface area contributed by atoms with Gasteiger partial charge in [0.2, 0.25) is 5.91 Å². The maximum atomic E-state index is 10.4. The standard InChI is InChI=1S/C12H14N2O2.C5H11NO/c15-10-5-4-9-8-13-14(11(9)7-10)12-3-1-2-6-16-12;1-4-5(7)6(2)3/h4-5,7-8,12,15H,1-3,6H2;4H2,1-3H3. The zero-order chi connectivity index (χ0) is 16.8. The molecule has 2 aromatic rings. The molecule has 0 bridgehead atoms. The summed E-state index contributed by atoms with van der Waals surface area (Å²) in [4.78, 5) is 12.0. The highest BCUT2D eigenvalue weighted by molar-refractivity contribution is 5.80. The first-order valence-electron chi connectivity index (χ1n) is 8.01. The average molecular weight is 319 g/mol. The molecule has 1 saturated heterocycles. The van der Waals surface area contributed by atoms with Gasteiger partial charge in [0.25, 0.3) is 0 Å². The minimum Gasteiger partial charge on any atom is -0.508 e. The normalized spacial score (nSPS) is 17.4. The molecular weight excluding hydrogens is 294 g/mol. The van der Waals surface area contributed by atoms with Crippen molar-refractivity contribution in [1.29, 1.82) is 0 Å². The van der Waals surface area contributed by atoms with E-state index in [1.807, 2.05) is 23.9 Å². The van der Waals surface area contributed by atoms with Crippen LogP contribution in [0.1, 0.15) is 38.8 Å². The number of phenols is 1. The van der Waals surface area contributed by atoms with E-state index >= 15 is 0 Å². The van der Waals surface area contributed by atoms with Gasteiger partial charge >= 0.3 is 0 Å². The topological polar surface area (TPSA) is 67.6 Å². The number of hydrogen-bond acceptors (Lipinski definition) is 4. The molecule has 6 nitrogen and oxygen atoms in total. The van der Waals surface area contributed by atoms with Gasteiger partial charge in [-0.05, 0) is 31.4 Å². The third-order valence-electron chi connectivity index (χ3n) is 3.81. The first-order valence-corrected chi connectivity index (χ1v) is 8.01. The summed E-state index contributed by atoms with van der Waals surface area (Å²) in [5.41, 5.74) is 0.937. The van der Waals surface area contributed by atoms with Crippen molar-refractivity contribution in [3.05, 3.63) is 24.4 Å². The fraction of sp³-hybridized carbons (Fsp3) is 0.529. The van der Waals surface area contributed by atoms with E-state index in [0.717, 1.165) is 30.4 Å². The van der Waals surface area contributed by atoms with Crippen LogP contribution in [-0.4, -0.2) is 46.4 Å². The summed E-state index contributed by atoms with van der Waals surface area (Å²) < 4.78 is 7.56. The minimum absolute atomic E-state index is 0.0213. The lowest BCUT2D eigenvalue weighted by molar-refractivity contribution is -0.128. The molecule has 1 N–H and O–H groups in total. The largest absolute Gasteiger partial charge is 0.508 e. The fourth-order valence-corrected chi connectivity index (χ4v) is 2.49. The molecule has 1 aliphatic rings. The lowest BCUT2D eigenvalue weighted by atomic mass is 10.2. The number of benzene rings is 1. The number of carbonyl (C=O) groups is 1. The molecule has 2 heterocycles. The molecule has 0 saturated carbocycles. The van der Waals surface area contributed by atoms with Gasteiger partial charge in [-0.3, -0.25) is 4.79 Å². The summed E-state index contributed by atoms with van der Waals surface area (Å²) in [5.74, 6) is 0.449. The maximum absolute atomic E-state index is 10.4. The van der Waals surface area contributed by atoms with Gasteiger partial charge in [-0.1, -0.05) is 6.92 Å². The van der Waals surface area contributed by atoms with E-state index in [2.05, 4.69) is 5.10 Å². The molecule has 1 aromatic carbocycles. The van der Waals surface area contributed by atoms with Crippen molar-refractivity contribution in [3.8, 4) is 5.75 Å². The second-order valence-corrected chi connectivity index (χ2v) is 5.80. The summed E-state index contributed by atoms with van der Waals surface area (Å²) in [6, 6.07) is 5.29. The van der Waals surface area contributed by atoms with E-state index < -0.39 is 0 Å². The summed E-state index contributed by atoms with van der Waals surface area (Å²) in [6.45, 7) is 2.65. The summed E-state index contributed by atoms with van der Waals surface area (Å²) in [7, 11) is 3.51. The number of rotatable bonds is 2. The highest BCUT2D eigenvalue weighted by Gasteiger charge is 2.18. The van der Waals surface area contributed by atoms with Crippen LogP contribution in [0, 0.1) is 0 Å². The monoisotopic (exact) mass is 319 g/mol. The van der Waals surface area contributed by atoms with Gasteiger partial charge in [0, 0.05) is 38.6 Å². The third kappa shape index (κ3) is 4.45. The van der Waals surface area contributed by atoms with Gasteiger partial charge < -0.3 is 14.7 Å². The van der Waals surface area contributed by atoms with Crippen LogP contribution in [0.25, 0.3) is 10.9 Å².